The molecule has 0 amide bonds. The van der Waals surface area contributed by atoms with E-state index in [0.29, 0.717) is 0 Å². The topological polar surface area (TPSA) is 55.3 Å². The standard InChI is InChI=1S/C16H27N3O.C10H14O/c1-11(19(8)16(6,7)12(2)20)13-9-17-14(18-10-13)15(3,4)5;1-3-4-9-5-7-10(11-2)8-6-9/h9-11H,1-8H3;5-8H,3-4H2,1-2H3. The van der Waals surface area contributed by atoms with E-state index in [1.54, 1.807) is 14.0 Å². The number of ether oxygens (including phenoxy) is 1. The number of carbonyl (C=O) groups excluding carboxylic acids is 1. The second-order valence-corrected chi connectivity index (χ2v) is 9.59. The normalized spacial score (nSPS) is 12.7. The molecule has 0 aliphatic heterocycles. The molecule has 1 unspecified atom stereocenters. The maximum Gasteiger partial charge on any atom is 0.149 e. The summed E-state index contributed by atoms with van der Waals surface area (Å²) in [5, 5.41) is 0. The zero-order valence-electron chi connectivity index (χ0n) is 21.1. The van der Waals surface area contributed by atoms with E-state index in [1.807, 2.05) is 45.4 Å². The van der Waals surface area contributed by atoms with E-state index in [1.165, 1.54) is 12.0 Å². The Kier molecular flexibility index (Phi) is 9.82. The quantitative estimate of drug-likeness (QED) is 0.560. The van der Waals surface area contributed by atoms with Gasteiger partial charge in [0.25, 0.3) is 0 Å². The molecule has 2 rings (SSSR count). The van der Waals surface area contributed by atoms with E-state index in [4.69, 9.17) is 4.74 Å². The Morgan fingerprint density at radius 2 is 1.58 bits per heavy atom. The Morgan fingerprint density at radius 1 is 1.06 bits per heavy atom. The van der Waals surface area contributed by atoms with Crippen molar-refractivity contribution in [3.05, 3.63) is 53.6 Å². The van der Waals surface area contributed by atoms with Gasteiger partial charge in [-0.1, -0.05) is 46.2 Å². The fourth-order valence-corrected chi connectivity index (χ4v) is 2.98. The minimum Gasteiger partial charge on any atom is -0.497 e. The van der Waals surface area contributed by atoms with Gasteiger partial charge in [-0.05, 0) is 58.9 Å². The van der Waals surface area contributed by atoms with Crippen LogP contribution in [0.25, 0.3) is 0 Å². The van der Waals surface area contributed by atoms with E-state index in [0.717, 1.165) is 23.6 Å². The molecule has 0 aliphatic rings. The molecule has 0 bridgehead atoms. The van der Waals surface area contributed by atoms with Crippen LogP contribution in [0.3, 0.4) is 0 Å². The van der Waals surface area contributed by atoms with Gasteiger partial charge in [-0.25, -0.2) is 9.97 Å². The Bertz CT molecular complexity index is 806. The summed E-state index contributed by atoms with van der Waals surface area (Å²) >= 11 is 0. The number of hydrogen-bond donors (Lipinski definition) is 0. The van der Waals surface area contributed by atoms with Crippen molar-refractivity contribution in [2.45, 2.75) is 85.2 Å². The second-order valence-electron chi connectivity index (χ2n) is 9.59. The fourth-order valence-electron chi connectivity index (χ4n) is 2.98. The van der Waals surface area contributed by atoms with Crippen LogP contribution in [0.15, 0.2) is 36.7 Å². The molecule has 0 saturated heterocycles. The number of nitrogens with zero attached hydrogens (tertiary/aromatic N) is 3. The van der Waals surface area contributed by atoms with Crippen molar-refractivity contribution in [1.29, 1.82) is 0 Å². The van der Waals surface area contributed by atoms with Crippen molar-refractivity contribution in [1.82, 2.24) is 14.9 Å². The number of rotatable bonds is 7. The third-order valence-electron chi connectivity index (χ3n) is 5.85. The van der Waals surface area contributed by atoms with Gasteiger partial charge < -0.3 is 4.74 Å². The van der Waals surface area contributed by atoms with E-state index in [9.17, 15) is 4.79 Å². The summed E-state index contributed by atoms with van der Waals surface area (Å²) < 4.78 is 5.05. The summed E-state index contributed by atoms with van der Waals surface area (Å²) in [7, 11) is 3.65. The molecule has 172 valence electrons. The molecule has 0 spiro atoms. The highest BCUT2D eigenvalue weighted by molar-refractivity contribution is 5.85. The first-order chi connectivity index (χ1) is 14.3. The number of aryl methyl sites for hydroxylation is 1. The minimum atomic E-state index is -0.498. The molecule has 1 aromatic carbocycles. The maximum atomic E-state index is 11.8. The van der Waals surface area contributed by atoms with Crippen molar-refractivity contribution in [2.75, 3.05) is 14.2 Å². The van der Waals surface area contributed by atoms with Gasteiger partial charge in [0.05, 0.1) is 12.6 Å². The first kappa shape index (κ1) is 26.8. The molecule has 5 heteroatoms. The SMILES string of the molecule is CC(=O)C(C)(C)N(C)C(C)c1cnc(C(C)(C)C)nc1.CCCc1ccc(OC)cc1. The Morgan fingerprint density at radius 3 is 1.97 bits per heavy atom. The van der Waals surface area contributed by atoms with Crippen molar-refractivity contribution < 1.29 is 9.53 Å². The Balaban J connectivity index is 0.000000367. The molecule has 0 saturated carbocycles. The molecule has 1 atom stereocenters. The van der Waals surface area contributed by atoms with Crippen molar-refractivity contribution in [3.8, 4) is 5.75 Å². The van der Waals surface area contributed by atoms with Crippen LogP contribution in [0.5, 0.6) is 5.75 Å². The zero-order chi connectivity index (χ0) is 23.8. The smallest absolute Gasteiger partial charge is 0.149 e. The van der Waals surface area contributed by atoms with Gasteiger partial charge in [0.2, 0.25) is 0 Å². The lowest BCUT2D eigenvalue weighted by molar-refractivity contribution is -0.127. The summed E-state index contributed by atoms with van der Waals surface area (Å²) in [5.74, 6) is 1.92. The number of likely N-dealkylation sites (N-methyl/N-ethyl adjacent to an activating group) is 1. The van der Waals surface area contributed by atoms with Crippen LogP contribution in [-0.4, -0.2) is 40.3 Å². The van der Waals surface area contributed by atoms with Crippen molar-refractivity contribution >= 4 is 5.78 Å². The molecule has 1 aromatic heterocycles. The lowest BCUT2D eigenvalue weighted by Crippen LogP contribution is -2.47. The van der Waals surface area contributed by atoms with Gasteiger partial charge >= 0.3 is 0 Å². The lowest BCUT2D eigenvalue weighted by Gasteiger charge is -2.37. The highest BCUT2D eigenvalue weighted by Crippen LogP contribution is 2.27. The molecule has 1 heterocycles. The summed E-state index contributed by atoms with van der Waals surface area (Å²) in [4.78, 5) is 22.7. The van der Waals surface area contributed by atoms with Gasteiger partial charge in [-0.15, -0.1) is 0 Å². The Hall–Kier alpha value is -2.27. The van der Waals surface area contributed by atoms with Gasteiger partial charge in [0, 0.05) is 29.4 Å². The monoisotopic (exact) mass is 427 g/mol. The van der Waals surface area contributed by atoms with E-state index in [2.05, 4.69) is 61.6 Å². The van der Waals surface area contributed by atoms with Crippen LogP contribution >= 0.6 is 0 Å². The van der Waals surface area contributed by atoms with E-state index < -0.39 is 5.54 Å². The minimum absolute atomic E-state index is 0.0493. The average molecular weight is 428 g/mol. The van der Waals surface area contributed by atoms with Crippen molar-refractivity contribution in [2.24, 2.45) is 0 Å². The number of aromatic nitrogens is 2. The summed E-state index contributed by atoms with van der Waals surface area (Å²) in [6.45, 7) is 16.0. The lowest BCUT2D eigenvalue weighted by atomic mass is 9.94. The van der Waals surface area contributed by atoms with Gasteiger partial charge in [-0.2, -0.15) is 0 Å². The highest BCUT2D eigenvalue weighted by Gasteiger charge is 2.32. The summed E-state index contributed by atoms with van der Waals surface area (Å²) in [6.07, 6.45) is 6.09. The third-order valence-corrected chi connectivity index (χ3v) is 5.85. The number of carbonyl (C=O) groups is 1. The van der Waals surface area contributed by atoms with Crippen LogP contribution < -0.4 is 4.74 Å². The third kappa shape index (κ3) is 7.73. The first-order valence-electron chi connectivity index (χ1n) is 11.0. The molecule has 31 heavy (non-hydrogen) atoms. The van der Waals surface area contributed by atoms with E-state index >= 15 is 0 Å². The molecule has 5 nitrogen and oxygen atoms in total. The molecular weight excluding hydrogens is 386 g/mol. The van der Waals surface area contributed by atoms with Crippen LogP contribution in [-0.2, 0) is 16.6 Å². The van der Waals surface area contributed by atoms with Crippen LogP contribution in [0, 0.1) is 0 Å². The molecule has 0 fully saturated rings. The molecule has 0 N–H and O–H groups in total. The van der Waals surface area contributed by atoms with Crippen molar-refractivity contribution in [3.63, 3.8) is 0 Å². The highest BCUT2D eigenvalue weighted by atomic mass is 16.5. The molecule has 0 radical (unpaired) electrons. The van der Waals surface area contributed by atoms with Crippen LogP contribution in [0.2, 0.25) is 0 Å². The zero-order valence-corrected chi connectivity index (χ0v) is 21.1. The van der Waals surface area contributed by atoms with Gasteiger partial charge in [0.15, 0.2) is 0 Å². The molecular formula is C26H41N3O2. The first-order valence-corrected chi connectivity index (χ1v) is 11.0. The number of benzene rings is 1. The second kappa shape index (κ2) is 11.4. The summed E-state index contributed by atoms with van der Waals surface area (Å²) in [6, 6.07) is 8.32. The number of hydrogen-bond acceptors (Lipinski definition) is 5. The Labute approximate surface area is 189 Å². The predicted molar refractivity (Wildman–Crippen MR) is 129 cm³/mol. The summed E-state index contributed by atoms with van der Waals surface area (Å²) in [5.41, 5.74) is 1.86. The van der Waals surface area contributed by atoms with E-state index in [-0.39, 0.29) is 17.2 Å². The number of ketones is 1. The maximum absolute atomic E-state index is 11.8. The molecule has 0 aliphatic carbocycles. The largest absolute Gasteiger partial charge is 0.497 e. The average Bonchev–Trinajstić information content (AvgIpc) is 2.73. The molecule has 2 aromatic rings. The van der Waals surface area contributed by atoms with Gasteiger partial charge in [-0.3, -0.25) is 9.69 Å². The predicted octanol–water partition coefficient (Wildman–Crippen LogP) is 5.78. The van der Waals surface area contributed by atoms with Crippen LogP contribution in [0.4, 0.5) is 0 Å². The number of Topliss-reactive ketones (excluding diaryl/α,β-unsaturated/α-hetero) is 1. The van der Waals surface area contributed by atoms with Gasteiger partial charge in [0.1, 0.15) is 17.4 Å². The fraction of sp³-hybridized carbons (Fsp3) is 0.577. The van der Waals surface area contributed by atoms with Crippen LogP contribution in [0.1, 0.15) is 84.8 Å². The number of methoxy groups -OCH3 is 1.